The molecule has 0 aliphatic heterocycles. The smallest absolute Gasteiger partial charge is 0.240 e. The van der Waals surface area contributed by atoms with Crippen LogP contribution in [0.1, 0.15) is 45.9 Å². The van der Waals surface area contributed by atoms with Gasteiger partial charge < -0.3 is 14.9 Å². The van der Waals surface area contributed by atoms with E-state index in [4.69, 9.17) is 4.52 Å². The van der Waals surface area contributed by atoms with Crippen molar-refractivity contribution in [3.63, 3.8) is 0 Å². The molecule has 0 saturated heterocycles. The number of nitrogens with zero attached hydrogens (tertiary/aromatic N) is 2. The van der Waals surface area contributed by atoms with Crippen molar-refractivity contribution in [2.75, 3.05) is 0 Å². The Morgan fingerprint density at radius 2 is 2.00 bits per heavy atom. The number of hydrogen-bond acceptors (Lipinski definition) is 5. The van der Waals surface area contributed by atoms with Gasteiger partial charge in [0.15, 0.2) is 0 Å². The van der Waals surface area contributed by atoms with Crippen LogP contribution in [0.3, 0.4) is 0 Å². The van der Waals surface area contributed by atoms with Crippen molar-refractivity contribution >= 4 is 0 Å². The zero-order chi connectivity index (χ0) is 16.0. The number of benzene rings is 1. The van der Waals surface area contributed by atoms with Crippen LogP contribution in [-0.4, -0.2) is 26.9 Å². The molecule has 2 atom stereocenters. The molecule has 1 aromatic heterocycles. The van der Waals surface area contributed by atoms with E-state index in [1.165, 1.54) is 0 Å². The van der Waals surface area contributed by atoms with Gasteiger partial charge in [-0.15, -0.1) is 0 Å². The maximum absolute atomic E-state index is 10.2. The van der Waals surface area contributed by atoms with Crippen molar-refractivity contribution < 1.29 is 9.63 Å². The molecule has 1 heterocycles. The molecule has 22 heavy (non-hydrogen) atoms. The Balaban J connectivity index is 1.93. The summed E-state index contributed by atoms with van der Waals surface area (Å²) >= 11 is 0. The molecule has 0 aliphatic carbocycles. The molecule has 2 N–H and O–H groups in total. The Labute approximate surface area is 131 Å². The fourth-order valence-corrected chi connectivity index (χ4v) is 2.30. The summed E-state index contributed by atoms with van der Waals surface area (Å²) in [6.45, 7) is 6.49. The van der Waals surface area contributed by atoms with Gasteiger partial charge in [-0.25, -0.2) is 0 Å². The lowest BCUT2D eigenvalue weighted by molar-refractivity contribution is 0.0351. The summed E-state index contributed by atoms with van der Waals surface area (Å²) in [5.41, 5.74) is 0.302. The molecular weight excluding hydrogens is 278 g/mol. The van der Waals surface area contributed by atoms with Crippen molar-refractivity contribution in [2.45, 2.75) is 58.2 Å². The van der Waals surface area contributed by atoms with Gasteiger partial charge >= 0.3 is 0 Å². The molecule has 0 radical (unpaired) electrons. The lowest BCUT2D eigenvalue weighted by Gasteiger charge is -2.27. The van der Waals surface area contributed by atoms with Gasteiger partial charge in [0.1, 0.15) is 0 Å². The van der Waals surface area contributed by atoms with E-state index >= 15 is 0 Å². The van der Waals surface area contributed by atoms with Crippen LogP contribution in [0.4, 0.5) is 0 Å². The molecule has 0 bridgehead atoms. The SMILES string of the molecule is CCC(CC(C)(O)CC)NCc1nc(-c2ccccc2)no1. The molecule has 0 amide bonds. The molecule has 0 aliphatic rings. The predicted molar refractivity (Wildman–Crippen MR) is 86.2 cm³/mol. The Kier molecular flexibility index (Phi) is 5.69. The van der Waals surface area contributed by atoms with Crippen LogP contribution >= 0.6 is 0 Å². The third kappa shape index (κ3) is 4.64. The first-order valence-electron chi connectivity index (χ1n) is 7.88. The summed E-state index contributed by atoms with van der Waals surface area (Å²) in [5.74, 6) is 1.17. The normalized spacial score (nSPS) is 15.5. The standard InChI is InChI=1S/C17H25N3O2/c1-4-14(11-17(3,21)5-2)18-12-15-19-16(20-22-15)13-9-7-6-8-10-13/h6-10,14,18,21H,4-5,11-12H2,1-3H3. The van der Waals surface area contributed by atoms with Gasteiger partial charge in [-0.2, -0.15) is 4.98 Å². The highest BCUT2D eigenvalue weighted by molar-refractivity contribution is 5.53. The number of aromatic nitrogens is 2. The summed E-state index contributed by atoms with van der Waals surface area (Å²) in [4.78, 5) is 4.40. The third-order valence-corrected chi connectivity index (χ3v) is 3.98. The lowest BCUT2D eigenvalue weighted by Crippen LogP contribution is -2.37. The zero-order valence-corrected chi connectivity index (χ0v) is 13.5. The summed E-state index contributed by atoms with van der Waals surface area (Å²) < 4.78 is 5.28. The fraction of sp³-hybridized carbons (Fsp3) is 0.529. The average molecular weight is 303 g/mol. The minimum Gasteiger partial charge on any atom is -0.390 e. The fourth-order valence-electron chi connectivity index (χ4n) is 2.30. The number of hydrogen-bond donors (Lipinski definition) is 2. The second-order valence-electron chi connectivity index (χ2n) is 5.92. The van der Waals surface area contributed by atoms with Gasteiger partial charge in [0, 0.05) is 11.6 Å². The first-order chi connectivity index (χ1) is 10.5. The second kappa shape index (κ2) is 7.51. The molecule has 2 unspecified atom stereocenters. The van der Waals surface area contributed by atoms with E-state index in [-0.39, 0.29) is 6.04 Å². The summed E-state index contributed by atoms with van der Waals surface area (Å²) in [7, 11) is 0. The monoisotopic (exact) mass is 303 g/mol. The quantitative estimate of drug-likeness (QED) is 0.784. The topological polar surface area (TPSA) is 71.2 Å². The predicted octanol–water partition coefficient (Wildman–Crippen LogP) is 3.16. The van der Waals surface area contributed by atoms with Crippen LogP contribution in [0.2, 0.25) is 0 Å². The van der Waals surface area contributed by atoms with E-state index in [2.05, 4.69) is 22.4 Å². The molecule has 2 rings (SSSR count). The van der Waals surface area contributed by atoms with Gasteiger partial charge in [-0.3, -0.25) is 0 Å². The zero-order valence-electron chi connectivity index (χ0n) is 13.5. The van der Waals surface area contributed by atoms with Crippen molar-refractivity contribution in [3.05, 3.63) is 36.2 Å². The van der Waals surface area contributed by atoms with Gasteiger partial charge in [-0.1, -0.05) is 49.3 Å². The van der Waals surface area contributed by atoms with Crippen LogP contribution in [0.15, 0.2) is 34.9 Å². The highest BCUT2D eigenvalue weighted by Crippen LogP contribution is 2.18. The van der Waals surface area contributed by atoms with Crippen LogP contribution in [0.25, 0.3) is 11.4 Å². The Bertz CT molecular complexity index is 566. The van der Waals surface area contributed by atoms with Crippen molar-refractivity contribution in [1.82, 2.24) is 15.5 Å². The second-order valence-corrected chi connectivity index (χ2v) is 5.92. The molecule has 120 valence electrons. The van der Waals surface area contributed by atoms with Gasteiger partial charge in [0.2, 0.25) is 11.7 Å². The molecule has 5 nitrogen and oxygen atoms in total. The number of rotatable bonds is 8. The largest absolute Gasteiger partial charge is 0.390 e. The number of aliphatic hydroxyl groups is 1. The van der Waals surface area contributed by atoms with Gasteiger partial charge in [0.25, 0.3) is 0 Å². The molecule has 2 aromatic rings. The highest BCUT2D eigenvalue weighted by atomic mass is 16.5. The summed E-state index contributed by atoms with van der Waals surface area (Å²) in [6.07, 6.45) is 2.39. The van der Waals surface area contributed by atoms with Crippen LogP contribution in [-0.2, 0) is 6.54 Å². The van der Waals surface area contributed by atoms with Crippen LogP contribution in [0, 0.1) is 0 Å². The first kappa shape index (κ1) is 16.6. The summed E-state index contributed by atoms with van der Waals surface area (Å²) in [6, 6.07) is 9.98. The van der Waals surface area contributed by atoms with Gasteiger partial charge in [0.05, 0.1) is 12.1 Å². The van der Waals surface area contributed by atoms with E-state index in [0.717, 1.165) is 18.4 Å². The Morgan fingerprint density at radius 1 is 1.27 bits per heavy atom. The van der Waals surface area contributed by atoms with E-state index in [1.807, 2.05) is 44.2 Å². The maximum atomic E-state index is 10.2. The number of nitrogens with one attached hydrogen (secondary N) is 1. The molecular formula is C17H25N3O2. The van der Waals surface area contributed by atoms with E-state index < -0.39 is 5.60 Å². The highest BCUT2D eigenvalue weighted by Gasteiger charge is 2.22. The Hall–Kier alpha value is -1.72. The maximum Gasteiger partial charge on any atom is 0.240 e. The summed E-state index contributed by atoms with van der Waals surface area (Å²) in [5, 5.41) is 17.6. The molecule has 0 saturated carbocycles. The average Bonchev–Trinajstić information content (AvgIpc) is 3.01. The minimum atomic E-state index is -0.641. The molecule has 0 fully saturated rings. The van der Waals surface area contributed by atoms with E-state index in [0.29, 0.717) is 24.7 Å². The molecule has 5 heteroatoms. The van der Waals surface area contributed by atoms with Crippen molar-refractivity contribution in [2.24, 2.45) is 0 Å². The molecule has 0 spiro atoms. The minimum absolute atomic E-state index is 0.224. The Morgan fingerprint density at radius 3 is 2.64 bits per heavy atom. The van der Waals surface area contributed by atoms with Crippen molar-refractivity contribution in [1.29, 1.82) is 0 Å². The van der Waals surface area contributed by atoms with E-state index in [9.17, 15) is 5.11 Å². The van der Waals surface area contributed by atoms with Crippen molar-refractivity contribution in [3.8, 4) is 11.4 Å². The van der Waals surface area contributed by atoms with Crippen LogP contribution in [0.5, 0.6) is 0 Å². The lowest BCUT2D eigenvalue weighted by atomic mass is 9.93. The molecule has 1 aromatic carbocycles. The first-order valence-corrected chi connectivity index (χ1v) is 7.88. The van der Waals surface area contributed by atoms with Crippen LogP contribution < -0.4 is 5.32 Å². The van der Waals surface area contributed by atoms with Gasteiger partial charge in [-0.05, 0) is 26.2 Å². The van der Waals surface area contributed by atoms with E-state index in [1.54, 1.807) is 0 Å². The third-order valence-electron chi connectivity index (χ3n) is 3.98.